The van der Waals surface area contributed by atoms with Crippen molar-refractivity contribution in [2.75, 3.05) is 32.8 Å². The second-order valence-corrected chi connectivity index (χ2v) is 7.94. The van der Waals surface area contributed by atoms with Gasteiger partial charge in [0.15, 0.2) is 0 Å². The Morgan fingerprint density at radius 2 is 2.25 bits per heavy atom. The van der Waals surface area contributed by atoms with Gasteiger partial charge in [0.25, 0.3) is 0 Å². The molecular weight excluding hydrogens is 368 g/mol. The first kappa shape index (κ1) is 20.8. The maximum Gasteiger partial charge on any atom is 0.387 e. The molecule has 156 valence electrons. The van der Waals surface area contributed by atoms with Crippen LogP contribution in [-0.2, 0) is 11.2 Å². The van der Waals surface area contributed by atoms with Gasteiger partial charge in [-0.05, 0) is 56.4 Å². The van der Waals surface area contributed by atoms with Gasteiger partial charge in [0.1, 0.15) is 5.75 Å². The third-order valence-corrected chi connectivity index (χ3v) is 5.44. The first-order chi connectivity index (χ1) is 13.3. The van der Waals surface area contributed by atoms with Crippen LogP contribution >= 0.6 is 0 Å². The summed E-state index contributed by atoms with van der Waals surface area (Å²) >= 11 is 0. The molecule has 1 aliphatic carbocycles. The van der Waals surface area contributed by atoms with Crippen molar-refractivity contribution in [1.82, 2.24) is 15.5 Å². The van der Waals surface area contributed by atoms with Crippen LogP contribution in [0.4, 0.5) is 13.6 Å². The fourth-order valence-corrected chi connectivity index (χ4v) is 3.94. The van der Waals surface area contributed by atoms with Crippen LogP contribution in [0.25, 0.3) is 0 Å². The van der Waals surface area contributed by atoms with Gasteiger partial charge in [-0.1, -0.05) is 6.07 Å². The molecule has 0 bridgehead atoms. The van der Waals surface area contributed by atoms with Gasteiger partial charge in [-0.3, -0.25) is 4.90 Å². The minimum atomic E-state index is -2.84. The molecule has 2 aliphatic rings. The van der Waals surface area contributed by atoms with Crippen LogP contribution < -0.4 is 15.4 Å². The Morgan fingerprint density at radius 3 is 3.00 bits per heavy atom. The van der Waals surface area contributed by atoms with Gasteiger partial charge in [0, 0.05) is 25.2 Å². The lowest BCUT2D eigenvalue weighted by Gasteiger charge is -2.42. The van der Waals surface area contributed by atoms with Crippen LogP contribution in [0.1, 0.15) is 43.9 Å². The van der Waals surface area contributed by atoms with E-state index >= 15 is 0 Å². The highest BCUT2D eigenvalue weighted by molar-refractivity contribution is 5.74. The van der Waals surface area contributed by atoms with E-state index in [1.54, 1.807) is 12.1 Å². The van der Waals surface area contributed by atoms with Crippen molar-refractivity contribution >= 4 is 6.03 Å². The summed E-state index contributed by atoms with van der Waals surface area (Å²) in [6.07, 6.45) is 2.51. The number of rotatable bonds is 6. The van der Waals surface area contributed by atoms with Gasteiger partial charge in [0.05, 0.1) is 19.3 Å². The van der Waals surface area contributed by atoms with Crippen LogP contribution in [0.3, 0.4) is 0 Å². The molecule has 8 heteroatoms. The summed E-state index contributed by atoms with van der Waals surface area (Å²) < 4.78 is 34.8. The SMILES string of the molecule is CC1(C)COCCN1CCNC(=O)NC1CCCc2cc(OC(F)F)ccc21. The van der Waals surface area contributed by atoms with E-state index in [2.05, 4.69) is 34.1 Å². The number of carbonyl (C=O) groups is 1. The Labute approximate surface area is 164 Å². The maximum atomic E-state index is 12.4. The molecular formula is C20H29F2N3O3. The third-order valence-electron chi connectivity index (χ3n) is 5.44. The summed E-state index contributed by atoms with van der Waals surface area (Å²) in [5.41, 5.74) is 1.89. The van der Waals surface area contributed by atoms with Gasteiger partial charge in [-0.2, -0.15) is 8.78 Å². The zero-order valence-corrected chi connectivity index (χ0v) is 16.5. The number of alkyl halides is 2. The standard InChI is InChI=1S/C20H29F2N3O3/c1-20(2)13-27-11-10-25(20)9-8-23-19(26)24-17-5-3-4-14-12-15(28-18(21)22)6-7-16(14)17/h6-7,12,17-18H,3-5,8-11,13H2,1-2H3,(H2,23,24,26). The number of fused-ring (bicyclic) bond motifs is 1. The molecule has 0 radical (unpaired) electrons. The van der Waals surface area contributed by atoms with Gasteiger partial charge in [-0.15, -0.1) is 0 Å². The lowest BCUT2D eigenvalue weighted by Crippen LogP contribution is -2.55. The number of hydrogen-bond acceptors (Lipinski definition) is 4. The molecule has 1 saturated heterocycles. The normalized spacial score (nSPS) is 21.8. The Balaban J connectivity index is 1.51. The van der Waals surface area contributed by atoms with Crippen molar-refractivity contribution in [1.29, 1.82) is 0 Å². The molecule has 1 aliphatic heterocycles. The summed E-state index contributed by atoms with van der Waals surface area (Å²) in [7, 11) is 0. The number of morpholine rings is 1. The maximum absolute atomic E-state index is 12.4. The average molecular weight is 397 g/mol. The van der Waals surface area contributed by atoms with Crippen LogP contribution in [0.2, 0.25) is 0 Å². The minimum absolute atomic E-state index is 0.0310. The van der Waals surface area contributed by atoms with Gasteiger partial charge >= 0.3 is 12.6 Å². The molecule has 6 nitrogen and oxygen atoms in total. The van der Waals surface area contributed by atoms with Crippen LogP contribution in [-0.4, -0.2) is 55.9 Å². The number of ether oxygens (including phenoxy) is 2. The summed E-state index contributed by atoms with van der Waals surface area (Å²) in [4.78, 5) is 14.7. The van der Waals surface area contributed by atoms with Crippen LogP contribution in [0.15, 0.2) is 18.2 Å². The van der Waals surface area contributed by atoms with Crippen molar-refractivity contribution in [2.24, 2.45) is 0 Å². The fourth-order valence-electron chi connectivity index (χ4n) is 3.94. The van der Waals surface area contributed by atoms with Crippen molar-refractivity contribution in [3.8, 4) is 5.75 Å². The molecule has 1 aromatic carbocycles. The number of carbonyl (C=O) groups excluding carboxylic acids is 1. The molecule has 0 saturated carbocycles. The van der Waals surface area contributed by atoms with E-state index in [1.807, 2.05) is 0 Å². The molecule has 1 atom stereocenters. The van der Waals surface area contributed by atoms with Crippen LogP contribution in [0, 0.1) is 0 Å². The first-order valence-electron chi connectivity index (χ1n) is 9.80. The molecule has 1 aromatic rings. The number of urea groups is 1. The predicted molar refractivity (Wildman–Crippen MR) is 102 cm³/mol. The Hall–Kier alpha value is -1.93. The highest BCUT2D eigenvalue weighted by Gasteiger charge is 2.30. The predicted octanol–water partition coefficient (Wildman–Crippen LogP) is 3.08. The highest BCUT2D eigenvalue weighted by atomic mass is 19.3. The van der Waals surface area contributed by atoms with E-state index in [-0.39, 0.29) is 23.4 Å². The summed E-state index contributed by atoms with van der Waals surface area (Å²) in [6.45, 7) is 5.01. The van der Waals surface area contributed by atoms with Crippen molar-refractivity contribution in [2.45, 2.75) is 51.3 Å². The largest absolute Gasteiger partial charge is 0.435 e. The van der Waals surface area contributed by atoms with Gasteiger partial charge in [-0.25, -0.2) is 4.79 Å². The fraction of sp³-hybridized carbons (Fsp3) is 0.650. The zero-order chi connectivity index (χ0) is 20.1. The molecule has 0 spiro atoms. The highest BCUT2D eigenvalue weighted by Crippen LogP contribution is 2.32. The second kappa shape index (κ2) is 9.05. The third kappa shape index (κ3) is 5.32. The molecule has 1 fully saturated rings. The molecule has 3 rings (SSSR count). The number of hydrogen-bond donors (Lipinski definition) is 2. The quantitative estimate of drug-likeness (QED) is 0.775. The lowest BCUT2D eigenvalue weighted by molar-refractivity contribution is -0.0499. The van der Waals surface area contributed by atoms with E-state index < -0.39 is 6.61 Å². The van der Waals surface area contributed by atoms with Crippen molar-refractivity contribution in [3.05, 3.63) is 29.3 Å². The molecule has 2 N–H and O–H groups in total. The lowest BCUT2D eigenvalue weighted by atomic mass is 9.87. The van der Waals surface area contributed by atoms with E-state index in [0.29, 0.717) is 19.8 Å². The van der Waals surface area contributed by atoms with Gasteiger partial charge < -0.3 is 20.1 Å². The Morgan fingerprint density at radius 1 is 1.43 bits per heavy atom. The van der Waals surface area contributed by atoms with E-state index in [9.17, 15) is 13.6 Å². The molecule has 1 heterocycles. The number of amides is 2. The Bertz CT molecular complexity index is 685. The number of nitrogens with one attached hydrogen (secondary N) is 2. The summed E-state index contributed by atoms with van der Waals surface area (Å²) in [6, 6.07) is 4.62. The van der Waals surface area contributed by atoms with Crippen molar-refractivity contribution in [3.63, 3.8) is 0 Å². The summed E-state index contributed by atoms with van der Waals surface area (Å²) in [5.74, 6) is 0.159. The average Bonchev–Trinajstić information content (AvgIpc) is 2.62. The minimum Gasteiger partial charge on any atom is -0.435 e. The number of aryl methyl sites for hydroxylation is 1. The molecule has 28 heavy (non-hydrogen) atoms. The number of halogens is 2. The topological polar surface area (TPSA) is 62.8 Å². The monoisotopic (exact) mass is 397 g/mol. The van der Waals surface area contributed by atoms with E-state index in [4.69, 9.17) is 4.74 Å². The molecule has 1 unspecified atom stereocenters. The Kier molecular flexibility index (Phi) is 6.72. The zero-order valence-electron chi connectivity index (χ0n) is 16.5. The van der Waals surface area contributed by atoms with Gasteiger partial charge in [0.2, 0.25) is 0 Å². The van der Waals surface area contributed by atoms with Crippen molar-refractivity contribution < 1.29 is 23.0 Å². The summed E-state index contributed by atoms with van der Waals surface area (Å²) in [5, 5.41) is 5.94. The molecule has 2 amide bonds. The first-order valence-corrected chi connectivity index (χ1v) is 9.80. The number of nitrogens with zero attached hydrogens (tertiary/aromatic N) is 1. The van der Waals surface area contributed by atoms with E-state index in [1.165, 1.54) is 6.07 Å². The van der Waals surface area contributed by atoms with Crippen LogP contribution in [0.5, 0.6) is 5.75 Å². The number of benzene rings is 1. The molecule has 0 aromatic heterocycles. The second-order valence-electron chi connectivity index (χ2n) is 7.94. The smallest absolute Gasteiger partial charge is 0.387 e. The van der Waals surface area contributed by atoms with E-state index in [0.717, 1.165) is 43.5 Å².